The number of nitrogens with zero attached hydrogens (tertiary/aromatic N) is 2. The minimum atomic E-state index is 0.517. The summed E-state index contributed by atoms with van der Waals surface area (Å²) in [5, 5.41) is 14.3. The fraction of sp³-hybridized carbons (Fsp3) is 0.667. The lowest BCUT2D eigenvalue weighted by Crippen LogP contribution is -2.47. The first-order valence-corrected chi connectivity index (χ1v) is 3.27. The summed E-state index contributed by atoms with van der Waals surface area (Å²) in [6, 6.07) is 0. The minimum Gasteiger partial charge on any atom is -0.319 e. The normalized spacial score (nSPS) is 21.3. The van der Waals surface area contributed by atoms with Gasteiger partial charge in [0.2, 0.25) is 0 Å². The Bertz CT molecular complexity index is 154. The van der Waals surface area contributed by atoms with Gasteiger partial charge in [0.25, 0.3) is 0 Å². The summed E-state index contributed by atoms with van der Waals surface area (Å²) in [6.07, 6.45) is 1.22. The molecule has 1 rings (SSSR count). The molecule has 0 bridgehead atoms. The van der Waals surface area contributed by atoms with Gasteiger partial charge in [-0.05, 0) is 7.05 Å². The van der Waals surface area contributed by atoms with Crippen LogP contribution in [0.25, 0.3) is 0 Å². The fourth-order valence-electron chi connectivity index (χ4n) is 0.981. The number of amidine groups is 1. The topological polar surface area (TPSA) is 54.2 Å². The van der Waals surface area contributed by atoms with E-state index in [4.69, 9.17) is 10.8 Å². The van der Waals surface area contributed by atoms with E-state index in [2.05, 4.69) is 4.90 Å². The molecule has 56 valence electrons. The van der Waals surface area contributed by atoms with Crippen molar-refractivity contribution in [2.24, 2.45) is 0 Å². The lowest BCUT2D eigenvalue weighted by molar-refractivity contribution is 0.314. The van der Waals surface area contributed by atoms with Crippen LogP contribution in [0.15, 0.2) is 0 Å². The van der Waals surface area contributed by atoms with Crippen molar-refractivity contribution in [3.63, 3.8) is 0 Å². The molecular formula is C6H12N4. The first-order valence-electron chi connectivity index (χ1n) is 3.27. The van der Waals surface area contributed by atoms with Gasteiger partial charge in [0.1, 0.15) is 5.84 Å². The van der Waals surface area contributed by atoms with Crippen molar-refractivity contribution in [3.8, 4) is 0 Å². The Morgan fingerprint density at radius 2 is 2.20 bits per heavy atom. The van der Waals surface area contributed by atoms with E-state index in [0.717, 1.165) is 13.1 Å². The van der Waals surface area contributed by atoms with Crippen molar-refractivity contribution in [2.75, 3.05) is 26.7 Å². The highest BCUT2D eigenvalue weighted by Gasteiger charge is 2.15. The number of nitrogens with one attached hydrogen (secondary N) is 2. The predicted octanol–water partition coefficient (Wildman–Crippen LogP) is -0.182. The third-order valence-electron chi connectivity index (χ3n) is 1.64. The van der Waals surface area contributed by atoms with Gasteiger partial charge in [-0.3, -0.25) is 15.7 Å². The molecule has 0 aromatic rings. The van der Waals surface area contributed by atoms with Crippen LogP contribution in [-0.2, 0) is 0 Å². The standard InChI is InChI=1S/C6H12N4/c1-9-2-3-10(5-7)6(8)4-9/h5,7-8H,2-4H2,1H3. The quantitative estimate of drug-likeness (QED) is 0.392. The highest BCUT2D eigenvalue weighted by Crippen LogP contribution is 1.97. The van der Waals surface area contributed by atoms with Crippen LogP contribution in [-0.4, -0.2) is 48.7 Å². The zero-order chi connectivity index (χ0) is 7.56. The molecule has 1 saturated heterocycles. The van der Waals surface area contributed by atoms with E-state index >= 15 is 0 Å². The Hall–Kier alpha value is -0.900. The molecule has 1 fully saturated rings. The fourth-order valence-corrected chi connectivity index (χ4v) is 0.981. The van der Waals surface area contributed by atoms with E-state index in [1.807, 2.05) is 7.05 Å². The van der Waals surface area contributed by atoms with E-state index in [1.165, 1.54) is 6.34 Å². The summed E-state index contributed by atoms with van der Waals surface area (Å²) in [7, 11) is 1.98. The van der Waals surface area contributed by atoms with Gasteiger partial charge in [0.15, 0.2) is 0 Å². The molecule has 0 aromatic heterocycles. The maximum Gasteiger partial charge on any atom is 0.115 e. The molecule has 1 aliphatic rings. The van der Waals surface area contributed by atoms with Gasteiger partial charge in [-0.15, -0.1) is 0 Å². The van der Waals surface area contributed by atoms with Gasteiger partial charge in [-0.1, -0.05) is 0 Å². The van der Waals surface area contributed by atoms with Gasteiger partial charge in [-0.25, -0.2) is 0 Å². The van der Waals surface area contributed by atoms with Crippen LogP contribution in [0.2, 0.25) is 0 Å². The average molecular weight is 140 g/mol. The Kier molecular flexibility index (Phi) is 2.01. The molecule has 0 radical (unpaired) electrons. The third kappa shape index (κ3) is 1.33. The van der Waals surface area contributed by atoms with Crippen LogP contribution in [0.3, 0.4) is 0 Å². The average Bonchev–Trinajstić information content (AvgIpc) is 1.88. The number of likely N-dealkylation sites (N-methyl/N-ethyl adjacent to an activating group) is 1. The third-order valence-corrected chi connectivity index (χ3v) is 1.64. The minimum absolute atomic E-state index is 0.517. The zero-order valence-electron chi connectivity index (χ0n) is 6.09. The van der Waals surface area contributed by atoms with Crippen molar-refractivity contribution in [1.82, 2.24) is 9.80 Å². The monoisotopic (exact) mass is 140 g/mol. The maximum atomic E-state index is 7.41. The number of rotatable bonds is 1. The van der Waals surface area contributed by atoms with Gasteiger partial charge in [0.05, 0.1) is 12.9 Å². The Labute approximate surface area is 60.4 Å². The van der Waals surface area contributed by atoms with Gasteiger partial charge >= 0.3 is 0 Å². The highest BCUT2D eigenvalue weighted by atomic mass is 15.3. The zero-order valence-corrected chi connectivity index (χ0v) is 6.09. The second-order valence-electron chi connectivity index (χ2n) is 2.51. The summed E-state index contributed by atoms with van der Waals surface area (Å²) in [5.74, 6) is 0.517. The smallest absolute Gasteiger partial charge is 0.115 e. The Balaban J connectivity index is 2.51. The largest absolute Gasteiger partial charge is 0.319 e. The van der Waals surface area contributed by atoms with E-state index in [-0.39, 0.29) is 0 Å². The van der Waals surface area contributed by atoms with Crippen LogP contribution in [0.1, 0.15) is 0 Å². The molecule has 4 heteroatoms. The molecule has 1 aliphatic heterocycles. The van der Waals surface area contributed by atoms with Gasteiger partial charge in [0, 0.05) is 13.1 Å². The molecule has 1 heterocycles. The highest BCUT2D eigenvalue weighted by molar-refractivity contribution is 5.90. The van der Waals surface area contributed by atoms with Crippen LogP contribution in [0.5, 0.6) is 0 Å². The van der Waals surface area contributed by atoms with Crippen LogP contribution in [0, 0.1) is 10.8 Å². The number of hydrogen-bond acceptors (Lipinski definition) is 3. The van der Waals surface area contributed by atoms with Crippen molar-refractivity contribution < 1.29 is 0 Å². The molecule has 0 unspecified atom stereocenters. The van der Waals surface area contributed by atoms with E-state index in [0.29, 0.717) is 12.4 Å². The van der Waals surface area contributed by atoms with Crippen LogP contribution < -0.4 is 0 Å². The maximum absolute atomic E-state index is 7.41. The van der Waals surface area contributed by atoms with Crippen molar-refractivity contribution >= 4 is 12.2 Å². The molecule has 10 heavy (non-hydrogen) atoms. The molecule has 2 N–H and O–H groups in total. The first-order chi connectivity index (χ1) is 4.74. The lowest BCUT2D eigenvalue weighted by Gasteiger charge is -2.30. The Morgan fingerprint density at radius 3 is 2.70 bits per heavy atom. The summed E-state index contributed by atoms with van der Waals surface area (Å²) < 4.78 is 0. The SMILES string of the molecule is CN1CCN(C=N)C(=N)C1. The van der Waals surface area contributed by atoms with Gasteiger partial charge < -0.3 is 4.90 Å². The summed E-state index contributed by atoms with van der Waals surface area (Å²) in [6.45, 7) is 2.38. The van der Waals surface area contributed by atoms with Crippen molar-refractivity contribution in [1.29, 1.82) is 10.8 Å². The molecule has 0 saturated carbocycles. The van der Waals surface area contributed by atoms with E-state index < -0.39 is 0 Å². The van der Waals surface area contributed by atoms with E-state index in [9.17, 15) is 0 Å². The number of hydrogen-bond donors (Lipinski definition) is 2. The Morgan fingerprint density at radius 1 is 1.50 bits per heavy atom. The molecular weight excluding hydrogens is 128 g/mol. The van der Waals surface area contributed by atoms with E-state index in [1.54, 1.807) is 4.90 Å². The van der Waals surface area contributed by atoms with Crippen molar-refractivity contribution in [3.05, 3.63) is 0 Å². The van der Waals surface area contributed by atoms with Crippen LogP contribution in [0.4, 0.5) is 0 Å². The van der Waals surface area contributed by atoms with Crippen LogP contribution >= 0.6 is 0 Å². The second kappa shape index (κ2) is 2.79. The molecule has 0 aromatic carbocycles. The summed E-state index contributed by atoms with van der Waals surface area (Å²) >= 11 is 0. The van der Waals surface area contributed by atoms with Gasteiger partial charge in [-0.2, -0.15) is 0 Å². The first kappa shape index (κ1) is 7.21. The summed E-state index contributed by atoms with van der Waals surface area (Å²) in [5.41, 5.74) is 0. The molecule has 0 atom stereocenters. The van der Waals surface area contributed by atoms with Crippen molar-refractivity contribution in [2.45, 2.75) is 0 Å². The second-order valence-corrected chi connectivity index (χ2v) is 2.51. The predicted molar refractivity (Wildman–Crippen MR) is 40.7 cm³/mol. The molecule has 0 spiro atoms. The number of piperazine rings is 1. The molecule has 0 aliphatic carbocycles. The lowest BCUT2D eigenvalue weighted by atomic mass is 10.3. The molecule has 0 amide bonds. The summed E-state index contributed by atoms with van der Waals surface area (Å²) in [4.78, 5) is 3.72. The molecule has 4 nitrogen and oxygen atoms in total.